The molecule has 0 bridgehead atoms. The Labute approximate surface area is 219 Å². The van der Waals surface area contributed by atoms with E-state index in [1.54, 1.807) is 12.1 Å². The number of nitrogens with one attached hydrogen (secondary N) is 1. The summed E-state index contributed by atoms with van der Waals surface area (Å²) in [5.74, 6) is -0.345. The minimum absolute atomic E-state index is 0.0502. The molecule has 0 saturated carbocycles. The number of anilines is 1. The number of halogens is 2. The number of piperazine rings is 1. The molecule has 0 spiro atoms. The monoisotopic (exact) mass is 552 g/mol. The Hall–Kier alpha value is -3.23. The molecule has 1 N–H and O–H groups in total. The van der Waals surface area contributed by atoms with Crippen molar-refractivity contribution in [3.63, 3.8) is 0 Å². The predicted octanol–water partition coefficient (Wildman–Crippen LogP) is 5.39. The predicted molar refractivity (Wildman–Crippen MR) is 143 cm³/mol. The summed E-state index contributed by atoms with van der Waals surface area (Å²) < 4.78 is 14.2. The first-order valence-electron chi connectivity index (χ1n) is 12.0. The van der Waals surface area contributed by atoms with Crippen LogP contribution in [0.3, 0.4) is 0 Å². The molecule has 1 aliphatic rings. The Bertz CT molecular complexity index is 1180. The van der Waals surface area contributed by atoms with Crippen molar-refractivity contribution in [2.45, 2.75) is 13.5 Å². The Morgan fingerprint density at radius 2 is 1.61 bits per heavy atom. The SMILES string of the molecule is Cc1ccc(C(=O)N(CCN2CCN(C(=O)Nc3ccccc3Br)CC2)Cc2ccc(F)cc2)cc1. The zero-order chi connectivity index (χ0) is 25.5. The fourth-order valence-corrected chi connectivity index (χ4v) is 4.52. The van der Waals surface area contributed by atoms with E-state index in [2.05, 4.69) is 26.1 Å². The van der Waals surface area contributed by atoms with Crippen molar-refractivity contribution in [2.75, 3.05) is 44.6 Å². The number of carbonyl (C=O) groups is 2. The van der Waals surface area contributed by atoms with E-state index in [1.165, 1.54) is 12.1 Å². The molecule has 3 aromatic rings. The third kappa shape index (κ3) is 6.92. The van der Waals surface area contributed by atoms with Gasteiger partial charge in [-0.05, 0) is 64.8 Å². The molecule has 0 radical (unpaired) electrons. The van der Waals surface area contributed by atoms with Crippen molar-refractivity contribution >= 4 is 33.6 Å². The molecule has 8 heteroatoms. The fraction of sp³-hybridized carbons (Fsp3) is 0.286. The van der Waals surface area contributed by atoms with Crippen molar-refractivity contribution in [2.24, 2.45) is 0 Å². The smallest absolute Gasteiger partial charge is 0.321 e. The minimum Gasteiger partial charge on any atom is -0.333 e. The van der Waals surface area contributed by atoms with E-state index in [9.17, 15) is 14.0 Å². The maximum Gasteiger partial charge on any atom is 0.321 e. The van der Waals surface area contributed by atoms with E-state index in [1.807, 2.05) is 65.3 Å². The van der Waals surface area contributed by atoms with Gasteiger partial charge < -0.3 is 15.1 Å². The van der Waals surface area contributed by atoms with Crippen LogP contribution in [0.5, 0.6) is 0 Å². The molecule has 1 aliphatic heterocycles. The van der Waals surface area contributed by atoms with Gasteiger partial charge >= 0.3 is 6.03 Å². The number of rotatable bonds is 7. The molecule has 1 fully saturated rings. The molecule has 0 aromatic heterocycles. The van der Waals surface area contributed by atoms with Crippen LogP contribution in [0.15, 0.2) is 77.3 Å². The lowest BCUT2D eigenvalue weighted by Gasteiger charge is -2.36. The summed E-state index contributed by atoms with van der Waals surface area (Å²) in [6.07, 6.45) is 0. The summed E-state index contributed by atoms with van der Waals surface area (Å²) in [4.78, 5) is 31.9. The van der Waals surface area contributed by atoms with Crippen LogP contribution in [-0.4, -0.2) is 65.9 Å². The molecule has 0 atom stereocenters. The lowest BCUT2D eigenvalue weighted by Crippen LogP contribution is -2.51. The zero-order valence-electron chi connectivity index (χ0n) is 20.3. The lowest BCUT2D eigenvalue weighted by molar-refractivity contribution is 0.0704. The normalized spacial score (nSPS) is 13.9. The number of carbonyl (C=O) groups excluding carboxylic acids is 2. The third-order valence-corrected chi connectivity index (χ3v) is 7.03. The number of amides is 3. The van der Waals surface area contributed by atoms with Gasteiger partial charge in [-0.2, -0.15) is 0 Å². The zero-order valence-corrected chi connectivity index (χ0v) is 21.9. The van der Waals surface area contributed by atoms with Gasteiger partial charge in [-0.25, -0.2) is 9.18 Å². The Balaban J connectivity index is 1.34. The Kier molecular flexibility index (Phi) is 8.72. The highest BCUT2D eigenvalue weighted by molar-refractivity contribution is 9.10. The fourth-order valence-electron chi connectivity index (χ4n) is 4.13. The van der Waals surface area contributed by atoms with Crippen LogP contribution in [0.25, 0.3) is 0 Å². The molecule has 6 nitrogen and oxygen atoms in total. The Morgan fingerprint density at radius 3 is 2.28 bits per heavy atom. The highest BCUT2D eigenvalue weighted by Gasteiger charge is 2.23. The second-order valence-corrected chi connectivity index (χ2v) is 9.81. The molecule has 0 aliphatic carbocycles. The summed E-state index contributed by atoms with van der Waals surface area (Å²) in [6.45, 7) is 6.30. The Morgan fingerprint density at radius 1 is 0.944 bits per heavy atom. The molecule has 3 aromatic carbocycles. The highest BCUT2D eigenvalue weighted by Crippen LogP contribution is 2.22. The standard InChI is InChI=1S/C28H30BrFN4O2/c1-21-6-10-23(11-7-21)27(35)34(20-22-8-12-24(30)13-9-22)19-16-32-14-17-33(18-15-32)28(36)31-26-5-3-2-4-25(26)29/h2-13H,14-20H2,1H3,(H,31,36). The largest absolute Gasteiger partial charge is 0.333 e. The van der Waals surface area contributed by atoms with E-state index in [0.29, 0.717) is 38.3 Å². The van der Waals surface area contributed by atoms with Crippen molar-refractivity contribution in [3.8, 4) is 0 Å². The van der Waals surface area contributed by atoms with Gasteiger partial charge in [-0.1, -0.05) is 42.0 Å². The van der Waals surface area contributed by atoms with Crippen LogP contribution in [0.2, 0.25) is 0 Å². The summed E-state index contributed by atoms with van der Waals surface area (Å²) in [5.41, 5.74) is 3.36. The first-order chi connectivity index (χ1) is 17.4. The van der Waals surface area contributed by atoms with Gasteiger partial charge in [-0.15, -0.1) is 0 Å². The molecular formula is C28H30BrFN4O2. The molecule has 0 unspecified atom stereocenters. The van der Waals surface area contributed by atoms with Gasteiger partial charge in [0.15, 0.2) is 0 Å². The quantitative estimate of drug-likeness (QED) is 0.427. The van der Waals surface area contributed by atoms with E-state index < -0.39 is 0 Å². The molecular weight excluding hydrogens is 523 g/mol. The van der Waals surface area contributed by atoms with Crippen LogP contribution in [0.4, 0.5) is 14.9 Å². The van der Waals surface area contributed by atoms with Crippen molar-refractivity contribution in [1.29, 1.82) is 0 Å². The number of urea groups is 1. The van der Waals surface area contributed by atoms with Crippen LogP contribution in [0.1, 0.15) is 21.5 Å². The molecule has 1 heterocycles. The van der Waals surface area contributed by atoms with Crippen molar-refractivity contribution in [1.82, 2.24) is 14.7 Å². The third-order valence-electron chi connectivity index (χ3n) is 6.33. The topological polar surface area (TPSA) is 55.9 Å². The first kappa shape index (κ1) is 25.9. The summed E-state index contributed by atoms with van der Waals surface area (Å²) in [5, 5.41) is 2.96. The van der Waals surface area contributed by atoms with Gasteiger partial charge in [0.25, 0.3) is 5.91 Å². The van der Waals surface area contributed by atoms with Crippen LogP contribution in [0, 0.1) is 12.7 Å². The number of nitrogens with zero attached hydrogens (tertiary/aromatic N) is 3. The van der Waals surface area contributed by atoms with Crippen molar-refractivity contribution < 1.29 is 14.0 Å². The van der Waals surface area contributed by atoms with Gasteiger partial charge in [0.2, 0.25) is 0 Å². The second-order valence-electron chi connectivity index (χ2n) is 8.96. The molecule has 3 amide bonds. The van der Waals surface area contributed by atoms with Gasteiger partial charge in [-0.3, -0.25) is 9.69 Å². The van der Waals surface area contributed by atoms with Crippen LogP contribution < -0.4 is 5.32 Å². The maximum absolute atomic E-state index is 13.4. The number of para-hydroxylation sites is 1. The van der Waals surface area contributed by atoms with E-state index in [-0.39, 0.29) is 17.8 Å². The summed E-state index contributed by atoms with van der Waals surface area (Å²) in [7, 11) is 0. The van der Waals surface area contributed by atoms with E-state index >= 15 is 0 Å². The summed E-state index contributed by atoms with van der Waals surface area (Å²) >= 11 is 3.46. The second kappa shape index (κ2) is 12.1. The molecule has 1 saturated heterocycles. The minimum atomic E-state index is -0.295. The number of benzene rings is 3. The number of hydrogen-bond acceptors (Lipinski definition) is 3. The maximum atomic E-state index is 13.4. The summed E-state index contributed by atoms with van der Waals surface area (Å²) in [6, 6.07) is 21.2. The van der Waals surface area contributed by atoms with E-state index in [4.69, 9.17) is 0 Å². The molecule has 188 valence electrons. The number of aryl methyl sites for hydroxylation is 1. The van der Waals surface area contributed by atoms with Gasteiger partial charge in [0.1, 0.15) is 5.82 Å². The molecule has 4 rings (SSSR count). The lowest BCUT2D eigenvalue weighted by atomic mass is 10.1. The highest BCUT2D eigenvalue weighted by atomic mass is 79.9. The van der Waals surface area contributed by atoms with Gasteiger partial charge in [0.05, 0.1) is 5.69 Å². The van der Waals surface area contributed by atoms with Crippen LogP contribution in [-0.2, 0) is 6.54 Å². The number of hydrogen-bond donors (Lipinski definition) is 1. The van der Waals surface area contributed by atoms with Crippen molar-refractivity contribution in [3.05, 3.63) is 99.8 Å². The molecule has 36 heavy (non-hydrogen) atoms. The first-order valence-corrected chi connectivity index (χ1v) is 12.8. The average Bonchev–Trinajstić information content (AvgIpc) is 2.89. The van der Waals surface area contributed by atoms with Crippen LogP contribution >= 0.6 is 15.9 Å². The van der Waals surface area contributed by atoms with E-state index in [0.717, 1.165) is 34.4 Å². The van der Waals surface area contributed by atoms with Gasteiger partial charge in [0, 0.05) is 55.8 Å². The average molecular weight is 553 g/mol.